The van der Waals surface area contributed by atoms with E-state index in [0.717, 1.165) is 11.1 Å². The number of imidazole rings is 1. The van der Waals surface area contributed by atoms with Crippen molar-refractivity contribution in [2.45, 2.75) is 13.0 Å². The van der Waals surface area contributed by atoms with E-state index < -0.39 is 11.5 Å². The lowest BCUT2D eigenvalue weighted by Crippen LogP contribution is -2.27. The molecule has 1 aliphatic heterocycles. The zero-order valence-electron chi connectivity index (χ0n) is 18.0. The van der Waals surface area contributed by atoms with Crippen LogP contribution in [-0.2, 0) is 0 Å². The van der Waals surface area contributed by atoms with Gasteiger partial charge in [-0.25, -0.2) is 9.97 Å². The number of aromatic nitrogens is 4. The van der Waals surface area contributed by atoms with E-state index in [-0.39, 0.29) is 17.4 Å². The lowest BCUT2D eigenvalue weighted by atomic mass is 10.1. The van der Waals surface area contributed by atoms with E-state index in [2.05, 4.69) is 20.3 Å². The Kier molecular flexibility index (Phi) is 5.17. The Morgan fingerprint density at radius 3 is 2.76 bits per heavy atom. The van der Waals surface area contributed by atoms with E-state index in [1.807, 2.05) is 19.1 Å². The summed E-state index contributed by atoms with van der Waals surface area (Å²) < 4.78 is 17.8. The van der Waals surface area contributed by atoms with Crippen molar-refractivity contribution in [2.24, 2.45) is 0 Å². The molecule has 4 heterocycles. The highest BCUT2D eigenvalue weighted by atomic mass is 16.6. The summed E-state index contributed by atoms with van der Waals surface area (Å²) >= 11 is 0. The molecule has 10 nitrogen and oxygen atoms in total. The molecule has 33 heavy (non-hydrogen) atoms. The van der Waals surface area contributed by atoms with Crippen molar-refractivity contribution in [3.05, 3.63) is 70.5 Å². The molecule has 0 spiro atoms. The van der Waals surface area contributed by atoms with Crippen LogP contribution in [0.4, 0.5) is 0 Å². The SMILES string of the molecule is COc1ccc(C(C)NC(=O)c2cn3cc(-c4ccc5c(c4)OCCO5)[nH]c(=O)c3n2)cn1. The summed E-state index contributed by atoms with van der Waals surface area (Å²) in [4.78, 5) is 36.6. The van der Waals surface area contributed by atoms with Crippen molar-refractivity contribution in [1.82, 2.24) is 24.7 Å². The molecule has 168 valence electrons. The summed E-state index contributed by atoms with van der Waals surface area (Å²) in [6, 6.07) is 8.68. The van der Waals surface area contributed by atoms with E-state index in [4.69, 9.17) is 14.2 Å². The molecule has 0 saturated heterocycles. The number of rotatable bonds is 5. The minimum absolute atomic E-state index is 0.125. The highest BCUT2D eigenvalue weighted by Gasteiger charge is 2.18. The quantitative estimate of drug-likeness (QED) is 0.482. The number of H-pyrrole nitrogens is 1. The molecule has 1 aliphatic rings. The molecular formula is C23H21N5O5. The van der Waals surface area contributed by atoms with Gasteiger partial charge in [-0.15, -0.1) is 0 Å². The second kappa shape index (κ2) is 8.30. The number of aromatic amines is 1. The lowest BCUT2D eigenvalue weighted by molar-refractivity contribution is 0.0935. The lowest BCUT2D eigenvalue weighted by Gasteiger charge is -2.18. The Balaban J connectivity index is 1.40. The smallest absolute Gasteiger partial charge is 0.292 e. The summed E-state index contributed by atoms with van der Waals surface area (Å²) in [6.45, 7) is 2.81. The van der Waals surface area contributed by atoms with Crippen molar-refractivity contribution in [3.63, 3.8) is 0 Å². The summed E-state index contributed by atoms with van der Waals surface area (Å²) in [5.74, 6) is 1.37. The average molecular weight is 447 g/mol. The summed E-state index contributed by atoms with van der Waals surface area (Å²) in [7, 11) is 1.54. The molecule has 4 aromatic rings. The Bertz CT molecular complexity index is 1390. The minimum Gasteiger partial charge on any atom is -0.486 e. The van der Waals surface area contributed by atoms with Crippen molar-refractivity contribution in [2.75, 3.05) is 20.3 Å². The normalized spacial score (nSPS) is 13.5. The van der Waals surface area contributed by atoms with Crippen LogP contribution < -0.4 is 25.1 Å². The molecule has 0 aliphatic carbocycles. The standard InChI is InChI=1S/C23H21N5O5/c1-13(15-4-6-20(31-2)24-10-15)25-22(29)17-12-28-11-16(27-23(30)21(28)26-17)14-3-5-18-19(9-14)33-8-7-32-18/h3-6,9-13H,7-8H2,1-2H3,(H,25,29)(H,27,30). The Morgan fingerprint density at radius 2 is 2.00 bits per heavy atom. The number of amides is 1. The Labute approximate surface area is 188 Å². The van der Waals surface area contributed by atoms with Gasteiger partial charge in [-0.05, 0) is 30.7 Å². The topological polar surface area (TPSA) is 120 Å². The predicted octanol–water partition coefficient (Wildman–Crippen LogP) is 2.36. The molecule has 0 saturated carbocycles. The van der Waals surface area contributed by atoms with Gasteiger partial charge in [0.15, 0.2) is 11.5 Å². The summed E-state index contributed by atoms with van der Waals surface area (Å²) in [6.07, 6.45) is 4.88. The van der Waals surface area contributed by atoms with Crippen LogP contribution in [-0.4, -0.2) is 45.6 Å². The first-order valence-corrected chi connectivity index (χ1v) is 10.3. The van der Waals surface area contributed by atoms with Crippen LogP contribution in [0.2, 0.25) is 0 Å². The molecule has 1 amide bonds. The van der Waals surface area contributed by atoms with Crippen LogP contribution in [0.5, 0.6) is 17.4 Å². The van der Waals surface area contributed by atoms with E-state index in [1.54, 1.807) is 35.0 Å². The van der Waals surface area contributed by atoms with Crippen molar-refractivity contribution < 1.29 is 19.0 Å². The zero-order valence-corrected chi connectivity index (χ0v) is 18.0. The fraction of sp³-hybridized carbons (Fsp3) is 0.217. The van der Waals surface area contributed by atoms with Gasteiger partial charge < -0.3 is 24.5 Å². The monoisotopic (exact) mass is 447 g/mol. The number of pyridine rings is 1. The van der Waals surface area contributed by atoms with Gasteiger partial charge in [0, 0.05) is 30.2 Å². The van der Waals surface area contributed by atoms with Crippen LogP contribution in [0, 0.1) is 0 Å². The number of fused-ring (bicyclic) bond motifs is 2. The summed E-state index contributed by atoms with van der Waals surface area (Å²) in [5, 5.41) is 2.87. The van der Waals surface area contributed by atoms with Crippen LogP contribution in [0.25, 0.3) is 16.9 Å². The van der Waals surface area contributed by atoms with Gasteiger partial charge in [-0.2, -0.15) is 0 Å². The molecule has 1 atom stereocenters. The number of ether oxygens (including phenoxy) is 3. The number of nitrogens with zero attached hydrogens (tertiary/aromatic N) is 3. The Hall–Kier alpha value is -4.34. The Morgan fingerprint density at radius 1 is 1.18 bits per heavy atom. The maximum absolute atomic E-state index is 12.8. The fourth-order valence-electron chi connectivity index (χ4n) is 3.60. The van der Waals surface area contributed by atoms with Crippen molar-refractivity contribution in [1.29, 1.82) is 0 Å². The molecule has 0 fully saturated rings. The molecule has 5 rings (SSSR count). The fourth-order valence-corrected chi connectivity index (χ4v) is 3.60. The molecule has 0 bridgehead atoms. The molecule has 1 aromatic carbocycles. The van der Waals surface area contributed by atoms with Gasteiger partial charge in [-0.1, -0.05) is 6.07 Å². The molecule has 2 N–H and O–H groups in total. The predicted molar refractivity (Wildman–Crippen MR) is 119 cm³/mol. The third kappa shape index (κ3) is 3.98. The van der Waals surface area contributed by atoms with Gasteiger partial charge in [0.2, 0.25) is 11.5 Å². The van der Waals surface area contributed by atoms with Gasteiger partial charge in [-0.3, -0.25) is 14.0 Å². The van der Waals surface area contributed by atoms with Crippen molar-refractivity contribution in [3.8, 4) is 28.6 Å². The van der Waals surface area contributed by atoms with E-state index >= 15 is 0 Å². The molecule has 0 radical (unpaired) electrons. The van der Waals surface area contributed by atoms with Gasteiger partial charge in [0.05, 0.1) is 18.8 Å². The van der Waals surface area contributed by atoms with E-state index in [0.29, 0.717) is 36.3 Å². The molecule has 1 unspecified atom stereocenters. The maximum atomic E-state index is 12.8. The highest BCUT2D eigenvalue weighted by molar-refractivity contribution is 5.93. The van der Waals surface area contributed by atoms with Gasteiger partial charge in [0.25, 0.3) is 11.5 Å². The van der Waals surface area contributed by atoms with Crippen LogP contribution in [0.3, 0.4) is 0 Å². The first-order chi connectivity index (χ1) is 16.0. The largest absolute Gasteiger partial charge is 0.486 e. The number of nitrogens with one attached hydrogen (secondary N) is 2. The molecule has 3 aromatic heterocycles. The molecular weight excluding hydrogens is 426 g/mol. The second-order valence-corrected chi connectivity index (χ2v) is 7.54. The highest BCUT2D eigenvalue weighted by Crippen LogP contribution is 2.33. The van der Waals surface area contributed by atoms with Crippen LogP contribution in [0.1, 0.15) is 29.0 Å². The zero-order chi connectivity index (χ0) is 22.9. The first-order valence-electron chi connectivity index (χ1n) is 10.3. The number of carbonyl (C=O) groups is 1. The first kappa shape index (κ1) is 20.6. The number of hydrogen-bond acceptors (Lipinski definition) is 7. The van der Waals surface area contributed by atoms with Gasteiger partial charge >= 0.3 is 0 Å². The number of hydrogen-bond donors (Lipinski definition) is 2. The average Bonchev–Trinajstić information content (AvgIpc) is 3.29. The maximum Gasteiger partial charge on any atom is 0.292 e. The molecule has 10 heteroatoms. The number of benzene rings is 1. The van der Waals surface area contributed by atoms with E-state index in [9.17, 15) is 9.59 Å². The third-order valence-electron chi connectivity index (χ3n) is 5.35. The summed E-state index contributed by atoms with van der Waals surface area (Å²) in [5.41, 5.74) is 1.97. The van der Waals surface area contributed by atoms with E-state index in [1.165, 1.54) is 13.3 Å². The minimum atomic E-state index is -0.408. The van der Waals surface area contributed by atoms with Crippen LogP contribution in [0.15, 0.2) is 53.7 Å². The van der Waals surface area contributed by atoms with Gasteiger partial charge in [0.1, 0.15) is 18.9 Å². The number of carbonyl (C=O) groups excluding carboxylic acids is 1. The number of methoxy groups -OCH3 is 1. The van der Waals surface area contributed by atoms with Crippen molar-refractivity contribution >= 4 is 11.6 Å². The van der Waals surface area contributed by atoms with Crippen LogP contribution >= 0.6 is 0 Å². The second-order valence-electron chi connectivity index (χ2n) is 7.54. The third-order valence-corrected chi connectivity index (χ3v) is 5.35.